The lowest BCUT2D eigenvalue weighted by Gasteiger charge is -2.48. The van der Waals surface area contributed by atoms with Crippen LogP contribution in [0.25, 0.3) is 0 Å². The van der Waals surface area contributed by atoms with Crippen LogP contribution in [0.2, 0.25) is 0 Å². The molecule has 0 amide bonds. The Morgan fingerprint density at radius 3 is 2.48 bits per heavy atom. The highest BCUT2D eigenvalue weighted by Crippen LogP contribution is 2.34. The Kier molecular flexibility index (Phi) is 5.83. The summed E-state index contributed by atoms with van der Waals surface area (Å²) in [6.45, 7) is 7.54. The average Bonchev–Trinajstić information content (AvgIpc) is 2.63. The van der Waals surface area contributed by atoms with Gasteiger partial charge in [-0.2, -0.15) is 0 Å². The van der Waals surface area contributed by atoms with E-state index in [1.165, 1.54) is 19.3 Å². The first-order chi connectivity index (χ1) is 11.9. The van der Waals surface area contributed by atoms with Crippen LogP contribution in [0.3, 0.4) is 0 Å². The molecule has 1 N–H and O–H groups in total. The average molecular weight is 367 g/mol. The van der Waals surface area contributed by atoms with Crippen LogP contribution < -0.4 is 4.72 Å². The van der Waals surface area contributed by atoms with Crippen LogP contribution in [0.4, 0.5) is 0 Å². The molecule has 0 aromatic heterocycles. The fourth-order valence-electron chi connectivity index (χ4n) is 4.16. The first-order valence-corrected chi connectivity index (χ1v) is 10.8. The number of morpholine rings is 1. The number of ether oxygens (including phenoxy) is 1. The number of sulfonamides is 1. The molecule has 3 rings (SSSR count). The molecule has 25 heavy (non-hydrogen) atoms. The number of nitrogens with one attached hydrogen (secondary N) is 1. The van der Waals surface area contributed by atoms with Crippen LogP contribution in [-0.4, -0.2) is 51.7 Å². The van der Waals surface area contributed by atoms with Crippen molar-refractivity contribution in [2.75, 3.05) is 32.8 Å². The molecular formula is C19H30N2O3S. The molecule has 6 heteroatoms. The first-order valence-electron chi connectivity index (χ1n) is 9.33. The van der Waals surface area contributed by atoms with Gasteiger partial charge in [0.2, 0.25) is 10.0 Å². The summed E-state index contributed by atoms with van der Waals surface area (Å²) in [5, 5.41) is 0. The minimum Gasteiger partial charge on any atom is -0.379 e. The summed E-state index contributed by atoms with van der Waals surface area (Å²) in [6.07, 6.45) is 5.70. The van der Waals surface area contributed by atoms with Gasteiger partial charge in [-0.15, -0.1) is 0 Å². The third-order valence-corrected chi connectivity index (χ3v) is 7.23. The fourth-order valence-corrected chi connectivity index (χ4v) is 5.60. The number of nitrogens with zero attached hydrogens (tertiary/aromatic N) is 1. The van der Waals surface area contributed by atoms with Crippen LogP contribution in [0.1, 0.15) is 43.2 Å². The van der Waals surface area contributed by atoms with Gasteiger partial charge in [0.1, 0.15) is 0 Å². The molecule has 1 aliphatic heterocycles. The van der Waals surface area contributed by atoms with E-state index >= 15 is 0 Å². The van der Waals surface area contributed by atoms with E-state index in [-0.39, 0.29) is 5.54 Å². The van der Waals surface area contributed by atoms with Gasteiger partial charge in [0.05, 0.1) is 18.1 Å². The van der Waals surface area contributed by atoms with Crippen LogP contribution in [-0.2, 0) is 14.8 Å². The summed E-state index contributed by atoms with van der Waals surface area (Å²) < 4.78 is 34.3. The van der Waals surface area contributed by atoms with Gasteiger partial charge in [-0.25, -0.2) is 13.1 Å². The molecule has 0 unspecified atom stereocenters. The lowest BCUT2D eigenvalue weighted by molar-refractivity contribution is -0.0348. The molecule has 1 aromatic rings. The number of benzene rings is 1. The van der Waals surface area contributed by atoms with Crippen molar-refractivity contribution < 1.29 is 13.2 Å². The highest BCUT2D eigenvalue weighted by Gasteiger charge is 2.39. The quantitative estimate of drug-likeness (QED) is 0.870. The number of aryl methyl sites for hydroxylation is 2. The van der Waals surface area contributed by atoms with Gasteiger partial charge in [0.25, 0.3) is 0 Å². The van der Waals surface area contributed by atoms with Crippen molar-refractivity contribution in [2.24, 2.45) is 0 Å². The Hall–Kier alpha value is -0.950. The van der Waals surface area contributed by atoms with Crippen LogP contribution in [0.5, 0.6) is 0 Å². The van der Waals surface area contributed by atoms with E-state index in [2.05, 4.69) is 9.62 Å². The topological polar surface area (TPSA) is 58.6 Å². The summed E-state index contributed by atoms with van der Waals surface area (Å²) in [6, 6.07) is 5.59. The summed E-state index contributed by atoms with van der Waals surface area (Å²) in [5.74, 6) is 0. The predicted octanol–water partition coefficient (Wildman–Crippen LogP) is 2.62. The molecule has 1 heterocycles. The molecule has 0 atom stereocenters. The molecule has 1 aliphatic carbocycles. The fraction of sp³-hybridized carbons (Fsp3) is 0.684. The van der Waals surface area contributed by atoms with Gasteiger partial charge in [-0.1, -0.05) is 31.4 Å². The van der Waals surface area contributed by atoms with E-state index in [9.17, 15) is 8.42 Å². The van der Waals surface area contributed by atoms with Crippen molar-refractivity contribution in [1.82, 2.24) is 9.62 Å². The largest absolute Gasteiger partial charge is 0.379 e. The molecule has 140 valence electrons. The second-order valence-electron chi connectivity index (χ2n) is 7.48. The zero-order valence-electron chi connectivity index (χ0n) is 15.4. The summed E-state index contributed by atoms with van der Waals surface area (Å²) in [5.41, 5.74) is 1.70. The van der Waals surface area contributed by atoms with Crippen LogP contribution in [0.15, 0.2) is 23.1 Å². The molecule has 2 aliphatic rings. The van der Waals surface area contributed by atoms with E-state index in [4.69, 9.17) is 4.74 Å². The molecule has 1 saturated heterocycles. The lowest BCUT2D eigenvalue weighted by atomic mass is 9.80. The van der Waals surface area contributed by atoms with E-state index in [0.717, 1.165) is 50.3 Å². The zero-order chi connectivity index (χ0) is 17.9. The normalized spacial score (nSPS) is 22.0. The first kappa shape index (κ1) is 18.8. The van der Waals surface area contributed by atoms with E-state index in [1.807, 2.05) is 26.0 Å². The van der Waals surface area contributed by atoms with Crippen molar-refractivity contribution in [2.45, 2.75) is 56.4 Å². The second kappa shape index (κ2) is 7.74. The molecule has 2 fully saturated rings. The van der Waals surface area contributed by atoms with E-state index < -0.39 is 10.0 Å². The molecular weight excluding hydrogens is 336 g/mol. The SMILES string of the molecule is Cc1ccc(C)c(S(=O)(=O)NCC2(N3CCOCC3)CCCCC2)c1. The van der Waals surface area contributed by atoms with Crippen LogP contribution in [0, 0.1) is 13.8 Å². The Morgan fingerprint density at radius 2 is 1.80 bits per heavy atom. The van der Waals surface area contributed by atoms with Crippen molar-refractivity contribution >= 4 is 10.0 Å². The summed E-state index contributed by atoms with van der Waals surface area (Å²) in [7, 11) is -3.50. The minimum atomic E-state index is -3.50. The van der Waals surface area contributed by atoms with E-state index in [0.29, 0.717) is 11.4 Å². The monoisotopic (exact) mass is 366 g/mol. The summed E-state index contributed by atoms with van der Waals surface area (Å²) in [4.78, 5) is 2.86. The molecule has 1 aromatic carbocycles. The zero-order valence-corrected chi connectivity index (χ0v) is 16.2. The number of hydrogen-bond acceptors (Lipinski definition) is 4. The van der Waals surface area contributed by atoms with Gasteiger partial charge in [0.15, 0.2) is 0 Å². The second-order valence-corrected chi connectivity index (χ2v) is 9.21. The smallest absolute Gasteiger partial charge is 0.240 e. The third-order valence-electron chi connectivity index (χ3n) is 5.69. The van der Waals surface area contributed by atoms with Gasteiger partial charge in [-0.3, -0.25) is 4.90 Å². The highest BCUT2D eigenvalue weighted by atomic mass is 32.2. The lowest BCUT2D eigenvalue weighted by Crippen LogP contribution is -2.59. The van der Waals surface area contributed by atoms with E-state index in [1.54, 1.807) is 6.07 Å². The molecule has 0 radical (unpaired) electrons. The third kappa shape index (κ3) is 4.25. The van der Waals surface area contributed by atoms with Crippen molar-refractivity contribution in [1.29, 1.82) is 0 Å². The maximum atomic E-state index is 12.9. The van der Waals surface area contributed by atoms with Gasteiger partial charge >= 0.3 is 0 Å². The molecule has 0 spiro atoms. The number of hydrogen-bond donors (Lipinski definition) is 1. The standard InChI is InChI=1S/C19H30N2O3S/c1-16-6-7-17(2)18(14-16)25(22,23)20-15-19(8-4-3-5-9-19)21-10-12-24-13-11-21/h6-7,14,20H,3-5,8-13,15H2,1-2H3. The Bertz CT molecular complexity index is 691. The minimum absolute atomic E-state index is 0.0627. The van der Waals surface area contributed by atoms with Crippen molar-refractivity contribution in [3.05, 3.63) is 29.3 Å². The molecule has 1 saturated carbocycles. The highest BCUT2D eigenvalue weighted by molar-refractivity contribution is 7.89. The Balaban J connectivity index is 1.79. The van der Waals surface area contributed by atoms with Crippen molar-refractivity contribution in [3.8, 4) is 0 Å². The maximum absolute atomic E-state index is 12.9. The summed E-state index contributed by atoms with van der Waals surface area (Å²) >= 11 is 0. The molecule has 0 bridgehead atoms. The number of rotatable bonds is 5. The molecule has 5 nitrogen and oxygen atoms in total. The van der Waals surface area contributed by atoms with Crippen molar-refractivity contribution in [3.63, 3.8) is 0 Å². The van der Waals surface area contributed by atoms with Crippen LogP contribution >= 0.6 is 0 Å². The maximum Gasteiger partial charge on any atom is 0.240 e. The Labute approximate surface area is 151 Å². The van der Waals surface area contributed by atoms with Gasteiger partial charge in [-0.05, 0) is 43.9 Å². The predicted molar refractivity (Wildman–Crippen MR) is 99.3 cm³/mol. The van der Waals surface area contributed by atoms with Gasteiger partial charge < -0.3 is 4.74 Å². The Morgan fingerprint density at radius 1 is 1.12 bits per heavy atom. The van der Waals surface area contributed by atoms with Gasteiger partial charge in [0, 0.05) is 25.2 Å².